The lowest BCUT2D eigenvalue weighted by molar-refractivity contribution is 0.131. The summed E-state index contributed by atoms with van der Waals surface area (Å²) >= 11 is 11.6. The molecule has 0 radical (unpaired) electrons. The molecule has 7 N–H and O–H groups in total. The number of hydrogen-bond acceptors (Lipinski definition) is 13. The Morgan fingerprint density at radius 2 is 1.21 bits per heavy atom. The van der Waals surface area contributed by atoms with Crippen LogP contribution in [0.4, 0.5) is 23.5 Å². The van der Waals surface area contributed by atoms with Gasteiger partial charge in [-0.05, 0) is 48.5 Å². The van der Waals surface area contributed by atoms with Crippen molar-refractivity contribution in [2.24, 2.45) is 0 Å². The molecule has 0 spiro atoms. The maximum Gasteiger partial charge on any atom is 0.222 e. The van der Waals surface area contributed by atoms with Crippen LogP contribution < -0.4 is 31.9 Å². The van der Waals surface area contributed by atoms with Gasteiger partial charge in [-0.25, -0.2) is 20.9 Å². The molecule has 0 unspecified atom stereocenters. The normalized spacial score (nSPS) is 10.2. The average Bonchev–Trinajstić information content (AvgIpc) is 2.90. The Hall–Kier alpha value is -4.14. The maximum atomic E-state index is 8.66. The SMILES string of the molecule is CONc1nc(N)ncc1Oc1ccc(Cl)cc1.Nc1ncc(Oc2ccc(Cl)cc2)c(NOCCO)n1. The summed E-state index contributed by atoms with van der Waals surface area (Å²) in [5.74, 6) is 2.70. The summed E-state index contributed by atoms with van der Waals surface area (Å²) in [6.45, 7) is -0.0226. The third kappa shape index (κ3) is 9.06. The molecule has 0 saturated carbocycles. The quantitative estimate of drug-likeness (QED) is 0.136. The van der Waals surface area contributed by atoms with E-state index in [9.17, 15) is 0 Å². The molecule has 200 valence electrons. The number of benzene rings is 2. The first-order valence-corrected chi connectivity index (χ1v) is 11.5. The molecule has 2 aromatic heterocycles. The Bertz CT molecular complexity index is 1300. The fraction of sp³-hybridized carbons (Fsp3) is 0.130. The van der Waals surface area contributed by atoms with Crippen molar-refractivity contribution in [2.75, 3.05) is 42.8 Å². The first kappa shape index (κ1) is 28.4. The van der Waals surface area contributed by atoms with E-state index in [2.05, 4.69) is 30.9 Å². The molecule has 0 aliphatic heterocycles. The highest BCUT2D eigenvalue weighted by atomic mass is 35.5. The van der Waals surface area contributed by atoms with Gasteiger partial charge in [0.15, 0.2) is 23.1 Å². The Morgan fingerprint density at radius 1 is 0.763 bits per heavy atom. The molecule has 0 aliphatic carbocycles. The van der Waals surface area contributed by atoms with Crippen LogP contribution in [0, 0.1) is 0 Å². The molecular formula is C23H24Cl2N8O5. The van der Waals surface area contributed by atoms with Gasteiger partial charge in [0.05, 0.1) is 32.7 Å². The average molecular weight is 563 g/mol. The number of anilines is 4. The van der Waals surface area contributed by atoms with Crippen LogP contribution in [0.15, 0.2) is 60.9 Å². The van der Waals surface area contributed by atoms with Crippen molar-refractivity contribution in [1.82, 2.24) is 19.9 Å². The summed E-state index contributed by atoms with van der Waals surface area (Å²) in [6.07, 6.45) is 2.87. The van der Waals surface area contributed by atoms with E-state index in [4.69, 9.17) is 58.9 Å². The zero-order valence-corrected chi connectivity index (χ0v) is 21.5. The number of nitrogen functional groups attached to an aromatic ring is 2. The van der Waals surface area contributed by atoms with Crippen molar-refractivity contribution < 1.29 is 24.3 Å². The van der Waals surface area contributed by atoms with Gasteiger partial charge < -0.3 is 26.0 Å². The second-order valence-electron chi connectivity index (χ2n) is 6.97. The summed E-state index contributed by atoms with van der Waals surface area (Å²) in [7, 11) is 1.46. The van der Waals surface area contributed by atoms with Crippen LogP contribution in [0.3, 0.4) is 0 Å². The molecule has 0 atom stereocenters. The molecule has 2 aromatic carbocycles. The molecule has 13 nitrogen and oxygen atoms in total. The Kier molecular flexibility index (Phi) is 10.9. The Balaban J connectivity index is 0.000000212. The highest BCUT2D eigenvalue weighted by molar-refractivity contribution is 6.30. The summed E-state index contributed by atoms with van der Waals surface area (Å²) in [4.78, 5) is 25.4. The molecule has 38 heavy (non-hydrogen) atoms. The molecule has 15 heteroatoms. The highest BCUT2D eigenvalue weighted by Crippen LogP contribution is 2.29. The zero-order valence-electron chi connectivity index (χ0n) is 20.0. The monoisotopic (exact) mass is 562 g/mol. The number of aliphatic hydroxyl groups excluding tert-OH is 1. The van der Waals surface area contributed by atoms with E-state index in [0.29, 0.717) is 38.9 Å². The maximum absolute atomic E-state index is 8.66. The van der Waals surface area contributed by atoms with Gasteiger partial charge >= 0.3 is 0 Å². The topological polar surface area (TPSA) is 185 Å². The molecule has 0 amide bonds. The van der Waals surface area contributed by atoms with E-state index in [-0.39, 0.29) is 30.9 Å². The van der Waals surface area contributed by atoms with Crippen LogP contribution in [0.2, 0.25) is 10.0 Å². The van der Waals surface area contributed by atoms with E-state index in [0.717, 1.165) is 0 Å². The minimum atomic E-state index is -0.124. The highest BCUT2D eigenvalue weighted by Gasteiger charge is 2.10. The number of aliphatic hydroxyl groups is 1. The third-order valence-electron chi connectivity index (χ3n) is 4.19. The van der Waals surface area contributed by atoms with Crippen LogP contribution in [0.25, 0.3) is 0 Å². The second kappa shape index (κ2) is 14.6. The number of nitrogens with two attached hydrogens (primary N) is 2. The molecule has 0 aliphatic rings. The van der Waals surface area contributed by atoms with Crippen molar-refractivity contribution in [3.8, 4) is 23.0 Å². The number of nitrogens with zero attached hydrogens (tertiary/aromatic N) is 4. The minimum Gasteiger partial charge on any atom is -0.452 e. The van der Waals surface area contributed by atoms with E-state index in [1.54, 1.807) is 48.5 Å². The van der Waals surface area contributed by atoms with Crippen LogP contribution in [-0.2, 0) is 9.68 Å². The molecular weight excluding hydrogens is 539 g/mol. The van der Waals surface area contributed by atoms with Gasteiger partial charge in [-0.1, -0.05) is 23.2 Å². The van der Waals surface area contributed by atoms with Gasteiger partial charge in [0.1, 0.15) is 11.5 Å². The van der Waals surface area contributed by atoms with Gasteiger partial charge in [0, 0.05) is 10.0 Å². The lowest BCUT2D eigenvalue weighted by Crippen LogP contribution is -2.09. The van der Waals surface area contributed by atoms with Crippen molar-refractivity contribution in [2.45, 2.75) is 0 Å². The number of nitrogens with one attached hydrogen (secondary N) is 2. The summed E-state index contributed by atoms with van der Waals surface area (Å²) in [5, 5.41) is 9.90. The Labute approximate surface area is 227 Å². The lowest BCUT2D eigenvalue weighted by Gasteiger charge is -2.11. The molecule has 2 heterocycles. The first-order valence-electron chi connectivity index (χ1n) is 10.8. The van der Waals surface area contributed by atoms with Gasteiger partial charge in [-0.15, -0.1) is 0 Å². The predicted octanol–water partition coefficient (Wildman–Crippen LogP) is 4.32. The number of halogens is 2. The number of rotatable bonds is 10. The fourth-order valence-corrected chi connectivity index (χ4v) is 2.84. The molecule has 0 saturated heterocycles. The first-order chi connectivity index (χ1) is 18.4. The molecule has 0 fully saturated rings. The summed E-state index contributed by atoms with van der Waals surface area (Å²) < 4.78 is 11.2. The number of hydrogen-bond donors (Lipinski definition) is 5. The van der Waals surface area contributed by atoms with Crippen molar-refractivity contribution in [1.29, 1.82) is 0 Å². The number of aromatic nitrogens is 4. The van der Waals surface area contributed by atoms with Crippen molar-refractivity contribution >= 4 is 46.7 Å². The number of ether oxygens (including phenoxy) is 2. The molecule has 0 bridgehead atoms. The zero-order chi connectivity index (χ0) is 27.3. The van der Waals surface area contributed by atoms with Crippen LogP contribution in [-0.4, -0.2) is 45.4 Å². The third-order valence-corrected chi connectivity index (χ3v) is 4.70. The summed E-state index contributed by atoms with van der Waals surface area (Å²) in [6, 6.07) is 13.7. The van der Waals surface area contributed by atoms with Gasteiger partial charge in [-0.3, -0.25) is 9.68 Å². The minimum absolute atomic E-state index is 0.0727. The van der Waals surface area contributed by atoms with E-state index in [1.165, 1.54) is 19.5 Å². The van der Waals surface area contributed by atoms with Crippen LogP contribution in [0.5, 0.6) is 23.0 Å². The summed E-state index contributed by atoms with van der Waals surface area (Å²) in [5.41, 5.74) is 16.1. The van der Waals surface area contributed by atoms with Gasteiger partial charge in [-0.2, -0.15) is 9.97 Å². The van der Waals surface area contributed by atoms with E-state index in [1.807, 2.05) is 0 Å². The van der Waals surface area contributed by atoms with E-state index >= 15 is 0 Å². The fourth-order valence-electron chi connectivity index (χ4n) is 2.59. The van der Waals surface area contributed by atoms with Crippen molar-refractivity contribution in [3.05, 3.63) is 71.0 Å². The molecule has 4 aromatic rings. The largest absolute Gasteiger partial charge is 0.452 e. The van der Waals surface area contributed by atoms with Gasteiger partial charge in [0.25, 0.3) is 0 Å². The predicted molar refractivity (Wildman–Crippen MR) is 143 cm³/mol. The second-order valence-corrected chi connectivity index (χ2v) is 7.85. The smallest absolute Gasteiger partial charge is 0.222 e. The lowest BCUT2D eigenvalue weighted by atomic mass is 10.3. The van der Waals surface area contributed by atoms with Crippen LogP contribution in [0.1, 0.15) is 0 Å². The van der Waals surface area contributed by atoms with E-state index < -0.39 is 0 Å². The standard InChI is InChI=1S/C12H13ClN4O3.C11H11ClN4O2/c13-8-1-3-9(4-2-8)20-10-7-15-12(14)16-11(10)17-19-6-5-18;1-17-16-10-9(6-14-11(13)15-10)18-8-4-2-7(12)3-5-8/h1-4,7,18H,5-6H2,(H3,14,15,16,17);2-6H,1H3,(H3,13,14,15,16). The molecule has 4 rings (SSSR count). The van der Waals surface area contributed by atoms with Gasteiger partial charge in [0.2, 0.25) is 11.9 Å². The van der Waals surface area contributed by atoms with Crippen LogP contribution >= 0.6 is 23.2 Å². The Morgan fingerprint density at radius 3 is 1.63 bits per heavy atom. The van der Waals surface area contributed by atoms with Crippen molar-refractivity contribution in [3.63, 3.8) is 0 Å².